The summed E-state index contributed by atoms with van der Waals surface area (Å²) in [5.41, 5.74) is 0. The second kappa shape index (κ2) is 53.7. The number of unbranched alkanes of at least 4 members (excludes halogenated alkanes) is 37. The van der Waals surface area contributed by atoms with Crippen LogP contribution in [0, 0.1) is 0 Å². The van der Waals surface area contributed by atoms with Crippen molar-refractivity contribution in [3.63, 3.8) is 0 Å². The van der Waals surface area contributed by atoms with Crippen LogP contribution in [0.4, 0.5) is 0 Å². The largest absolute Gasteiger partial charge is 0.466 e. The minimum atomic E-state index is -0.843. The number of carbonyl (C=O) groups excluding carboxylic acids is 2. The van der Waals surface area contributed by atoms with Crippen LogP contribution in [-0.4, -0.2) is 47.4 Å². The van der Waals surface area contributed by atoms with Crippen molar-refractivity contribution < 1.29 is 24.5 Å². The van der Waals surface area contributed by atoms with Gasteiger partial charge in [0.2, 0.25) is 5.91 Å². The van der Waals surface area contributed by atoms with E-state index < -0.39 is 12.1 Å². The second-order valence-corrected chi connectivity index (χ2v) is 19.3. The quantitative estimate of drug-likeness (QED) is 0.0321. The average molecular weight is 901 g/mol. The first-order chi connectivity index (χ1) is 31.5. The second-order valence-electron chi connectivity index (χ2n) is 19.3. The van der Waals surface area contributed by atoms with Gasteiger partial charge in [0.05, 0.1) is 25.4 Å². The SMILES string of the molecule is CCC/C=C\C/C=C\CCCCCCCC(=O)OCCCCCCCCCCCCCCCCCCCCCCCCC(=O)NC(CO)C(O)/C=C/CCCCCCCCCCCC. The summed E-state index contributed by atoms with van der Waals surface area (Å²) in [6.45, 7) is 4.83. The summed E-state index contributed by atoms with van der Waals surface area (Å²) in [6.07, 6.45) is 66.0. The minimum Gasteiger partial charge on any atom is -0.466 e. The van der Waals surface area contributed by atoms with Crippen LogP contribution in [0.25, 0.3) is 0 Å². The molecule has 6 heteroatoms. The van der Waals surface area contributed by atoms with Crippen LogP contribution >= 0.6 is 0 Å². The molecule has 0 bridgehead atoms. The predicted octanol–water partition coefficient (Wildman–Crippen LogP) is 17.2. The molecule has 0 fully saturated rings. The fourth-order valence-electron chi connectivity index (χ4n) is 8.55. The molecule has 0 aromatic rings. The van der Waals surface area contributed by atoms with Gasteiger partial charge in [-0.2, -0.15) is 0 Å². The molecule has 0 spiro atoms. The molecule has 0 heterocycles. The van der Waals surface area contributed by atoms with Gasteiger partial charge in [0.1, 0.15) is 0 Å². The summed E-state index contributed by atoms with van der Waals surface area (Å²) in [6, 6.07) is -0.627. The van der Waals surface area contributed by atoms with E-state index in [-0.39, 0.29) is 18.5 Å². The summed E-state index contributed by atoms with van der Waals surface area (Å²) >= 11 is 0. The first-order valence-electron chi connectivity index (χ1n) is 28.3. The van der Waals surface area contributed by atoms with Crippen LogP contribution in [0.3, 0.4) is 0 Å². The number of allylic oxidation sites excluding steroid dienone is 5. The number of hydrogen-bond acceptors (Lipinski definition) is 5. The van der Waals surface area contributed by atoms with Crippen LogP contribution in [-0.2, 0) is 14.3 Å². The summed E-state index contributed by atoms with van der Waals surface area (Å²) < 4.78 is 5.46. The van der Waals surface area contributed by atoms with E-state index in [2.05, 4.69) is 43.5 Å². The minimum absolute atomic E-state index is 0.00311. The standard InChI is InChI=1S/C58H109NO5/c1-3-5-7-9-11-13-15-27-32-36-40-44-48-52-58(63)64-53-49-45-41-37-33-29-26-24-22-20-18-17-19-21-23-25-28-31-35-39-43-47-51-57(62)59-55(54-60)56(61)50-46-42-38-34-30-16-14-12-10-8-6-4-2/h7,9,13,15,46,50,55-56,60-61H,3-6,8,10-12,14,16-45,47-49,51-54H2,1-2H3,(H,59,62)/b9-7-,15-13-,50-46+. The fourth-order valence-corrected chi connectivity index (χ4v) is 8.55. The maximum absolute atomic E-state index is 12.4. The van der Waals surface area contributed by atoms with Gasteiger partial charge in [0.15, 0.2) is 0 Å². The molecule has 3 N–H and O–H groups in total. The highest BCUT2D eigenvalue weighted by Crippen LogP contribution is 2.17. The number of nitrogens with one attached hydrogen (secondary N) is 1. The lowest BCUT2D eigenvalue weighted by atomic mass is 10.0. The molecule has 1 amide bonds. The molecule has 2 unspecified atom stereocenters. The van der Waals surface area contributed by atoms with Crippen molar-refractivity contribution in [1.82, 2.24) is 5.32 Å². The van der Waals surface area contributed by atoms with E-state index in [0.29, 0.717) is 19.4 Å². The lowest BCUT2D eigenvalue weighted by Crippen LogP contribution is -2.45. The Morgan fingerprint density at radius 3 is 1.25 bits per heavy atom. The number of carbonyl (C=O) groups is 2. The maximum atomic E-state index is 12.4. The number of esters is 1. The van der Waals surface area contributed by atoms with Crippen molar-refractivity contribution in [2.24, 2.45) is 0 Å². The van der Waals surface area contributed by atoms with Crippen molar-refractivity contribution in [3.8, 4) is 0 Å². The van der Waals surface area contributed by atoms with Crippen molar-refractivity contribution in [2.45, 2.75) is 309 Å². The van der Waals surface area contributed by atoms with Crippen LogP contribution in [0.5, 0.6) is 0 Å². The molecule has 0 saturated carbocycles. The summed E-state index contributed by atoms with van der Waals surface area (Å²) in [5, 5.41) is 23.0. The van der Waals surface area contributed by atoms with Crippen LogP contribution in [0.15, 0.2) is 36.5 Å². The highest BCUT2D eigenvalue weighted by Gasteiger charge is 2.18. The average Bonchev–Trinajstić information content (AvgIpc) is 3.29. The number of rotatable bonds is 52. The van der Waals surface area contributed by atoms with Gasteiger partial charge in [-0.25, -0.2) is 0 Å². The van der Waals surface area contributed by atoms with Crippen molar-refractivity contribution in [2.75, 3.05) is 13.2 Å². The first kappa shape index (κ1) is 62.1. The molecule has 0 aromatic carbocycles. The maximum Gasteiger partial charge on any atom is 0.305 e. The zero-order chi connectivity index (χ0) is 46.5. The first-order valence-corrected chi connectivity index (χ1v) is 28.3. The third-order valence-corrected chi connectivity index (χ3v) is 12.9. The van der Waals surface area contributed by atoms with Gasteiger partial charge < -0.3 is 20.3 Å². The molecule has 64 heavy (non-hydrogen) atoms. The predicted molar refractivity (Wildman–Crippen MR) is 278 cm³/mol. The Hall–Kier alpha value is -1.92. The molecule has 0 aliphatic carbocycles. The topological polar surface area (TPSA) is 95.9 Å². The zero-order valence-corrected chi connectivity index (χ0v) is 42.8. The van der Waals surface area contributed by atoms with Crippen molar-refractivity contribution in [3.05, 3.63) is 36.5 Å². The normalized spacial score (nSPS) is 12.9. The van der Waals surface area contributed by atoms with Crippen molar-refractivity contribution >= 4 is 11.9 Å². The van der Waals surface area contributed by atoms with Gasteiger partial charge in [0, 0.05) is 12.8 Å². The molecule has 0 radical (unpaired) electrons. The highest BCUT2D eigenvalue weighted by atomic mass is 16.5. The number of hydrogen-bond donors (Lipinski definition) is 3. The lowest BCUT2D eigenvalue weighted by molar-refractivity contribution is -0.143. The molecular weight excluding hydrogens is 791 g/mol. The van der Waals surface area contributed by atoms with E-state index in [1.165, 1.54) is 218 Å². The Morgan fingerprint density at radius 2 is 0.812 bits per heavy atom. The monoisotopic (exact) mass is 900 g/mol. The number of aliphatic hydroxyl groups excluding tert-OH is 2. The van der Waals surface area contributed by atoms with E-state index in [1.807, 2.05) is 6.08 Å². The molecule has 0 aliphatic rings. The Balaban J connectivity index is 3.40. The Kier molecular flexibility index (Phi) is 52.1. The molecule has 0 saturated heterocycles. The van der Waals surface area contributed by atoms with E-state index >= 15 is 0 Å². The number of amides is 1. The highest BCUT2D eigenvalue weighted by molar-refractivity contribution is 5.76. The molecule has 0 rings (SSSR count). The Bertz CT molecular complexity index is 1040. The molecule has 2 atom stereocenters. The molecule has 376 valence electrons. The van der Waals surface area contributed by atoms with Crippen molar-refractivity contribution in [1.29, 1.82) is 0 Å². The summed E-state index contributed by atoms with van der Waals surface area (Å²) in [4.78, 5) is 24.4. The van der Waals surface area contributed by atoms with E-state index in [0.717, 1.165) is 51.4 Å². The van der Waals surface area contributed by atoms with Gasteiger partial charge in [0.25, 0.3) is 0 Å². The number of ether oxygens (including phenoxy) is 1. The zero-order valence-electron chi connectivity index (χ0n) is 42.8. The van der Waals surface area contributed by atoms with Gasteiger partial charge >= 0.3 is 5.97 Å². The van der Waals surface area contributed by atoms with Gasteiger partial charge in [-0.3, -0.25) is 9.59 Å². The molecule has 0 aromatic heterocycles. The number of aliphatic hydroxyl groups is 2. The summed E-state index contributed by atoms with van der Waals surface area (Å²) in [5.74, 6) is -0.0722. The Morgan fingerprint density at radius 1 is 0.438 bits per heavy atom. The smallest absolute Gasteiger partial charge is 0.305 e. The van der Waals surface area contributed by atoms with E-state index in [1.54, 1.807) is 6.08 Å². The Labute approximate surface area is 398 Å². The van der Waals surface area contributed by atoms with Gasteiger partial charge in [-0.15, -0.1) is 0 Å². The lowest BCUT2D eigenvalue weighted by Gasteiger charge is -2.20. The van der Waals surface area contributed by atoms with Crippen LogP contribution < -0.4 is 5.32 Å². The van der Waals surface area contributed by atoms with E-state index in [9.17, 15) is 19.8 Å². The fraction of sp³-hybridized carbons (Fsp3) is 0.862. The third kappa shape index (κ3) is 49.5. The van der Waals surface area contributed by atoms with Crippen LogP contribution in [0.2, 0.25) is 0 Å². The molecule has 0 aliphatic heterocycles. The third-order valence-electron chi connectivity index (χ3n) is 12.9. The van der Waals surface area contributed by atoms with Crippen LogP contribution in [0.1, 0.15) is 296 Å². The summed E-state index contributed by atoms with van der Waals surface area (Å²) in [7, 11) is 0. The molecule has 6 nitrogen and oxygen atoms in total. The van der Waals surface area contributed by atoms with Gasteiger partial charge in [-0.05, 0) is 57.8 Å². The van der Waals surface area contributed by atoms with E-state index in [4.69, 9.17) is 4.74 Å². The van der Waals surface area contributed by atoms with Gasteiger partial charge in [-0.1, -0.05) is 262 Å². The molecular formula is C58H109NO5.